The van der Waals surface area contributed by atoms with E-state index < -0.39 is 0 Å². The van der Waals surface area contributed by atoms with E-state index in [0.29, 0.717) is 0 Å². The Kier molecular flexibility index (Phi) is 4.67. The quantitative estimate of drug-likeness (QED) is 0.239. The van der Waals surface area contributed by atoms with Gasteiger partial charge in [-0.25, -0.2) is 0 Å². The lowest BCUT2D eigenvalue weighted by Gasteiger charge is -2.20. The zero-order chi connectivity index (χ0) is 22.9. The maximum Gasteiger partial charge on any atom is -0.00665 e. The predicted molar refractivity (Wildman–Crippen MR) is 142 cm³/mol. The van der Waals surface area contributed by atoms with Crippen LogP contribution < -0.4 is 0 Å². The lowest BCUT2D eigenvalue weighted by molar-refractivity contribution is 1.34. The van der Waals surface area contributed by atoms with E-state index in [4.69, 9.17) is 0 Å². The average molecular weight is 417 g/mol. The summed E-state index contributed by atoms with van der Waals surface area (Å²) in [6.07, 6.45) is 0. The minimum absolute atomic E-state index is 1.32. The van der Waals surface area contributed by atoms with Crippen LogP contribution in [-0.2, 0) is 0 Å². The molecule has 0 fully saturated rings. The Bertz CT molecular complexity index is 1560. The van der Waals surface area contributed by atoms with Crippen molar-refractivity contribution < 1.29 is 0 Å². The molecule has 0 aliphatic heterocycles. The van der Waals surface area contributed by atoms with E-state index in [0.717, 1.165) is 0 Å². The Morgan fingerprint density at radius 3 is 1.28 bits per heavy atom. The summed E-state index contributed by atoms with van der Waals surface area (Å²) in [5.41, 5.74) is 13.5. The minimum Gasteiger partial charge on any atom is -0.0563 e. The first-order chi connectivity index (χ1) is 15.2. The molecule has 0 heterocycles. The maximum absolute atomic E-state index is 2.46. The van der Waals surface area contributed by atoms with Gasteiger partial charge in [0.25, 0.3) is 0 Å². The van der Waals surface area contributed by atoms with E-state index in [-0.39, 0.29) is 0 Å². The molecule has 0 aliphatic rings. The van der Waals surface area contributed by atoms with Gasteiger partial charge in [-0.15, -0.1) is 0 Å². The Hall–Kier alpha value is -3.12. The average Bonchev–Trinajstić information content (AvgIpc) is 2.72. The summed E-state index contributed by atoms with van der Waals surface area (Å²) in [6, 6.07) is 19.0. The van der Waals surface area contributed by atoms with Crippen LogP contribution in [0.3, 0.4) is 0 Å². The summed E-state index contributed by atoms with van der Waals surface area (Å²) >= 11 is 0. The molecule has 0 aliphatic carbocycles. The maximum atomic E-state index is 2.46. The Morgan fingerprint density at radius 2 is 0.781 bits per heavy atom. The molecule has 0 atom stereocenters. The van der Waals surface area contributed by atoms with Crippen LogP contribution in [-0.4, -0.2) is 0 Å². The van der Waals surface area contributed by atoms with Gasteiger partial charge in [-0.3, -0.25) is 0 Å². The van der Waals surface area contributed by atoms with Crippen molar-refractivity contribution in [1.82, 2.24) is 0 Å². The number of hydrogen-bond acceptors (Lipinski definition) is 0. The second-order valence-electron chi connectivity index (χ2n) is 9.94. The van der Waals surface area contributed by atoms with E-state index >= 15 is 0 Å². The minimum atomic E-state index is 1.32. The fraction of sp³-hybridized carbons (Fsp3) is 0.250. The van der Waals surface area contributed by atoms with Crippen molar-refractivity contribution in [3.63, 3.8) is 0 Å². The largest absolute Gasteiger partial charge is 0.0563 e. The van der Waals surface area contributed by atoms with Crippen LogP contribution in [0.25, 0.3) is 43.4 Å². The molecule has 0 heteroatoms. The fourth-order valence-electron chi connectivity index (χ4n) is 5.41. The summed E-state index contributed by atoms with van der Waals surface area (Å²) in [5, 5.41) is 8.27. The van der Waals surface area contributed by atoms with Crippen LogP contribution in [0.15, 0.2) is 48.5 Å². The zero-order valence-electron chi connectivity index (χ0n) is 20.6. The van der Waals surface area contributed by atoms with Crippen LogP contribution in [0.1, 0.15) is 44.5 Å². The van der Waals surface area contributed by atoms with Gasteiger partial charge in [0.15, 0.2) is 0 Å². The van der Waals surface area contributed by atoms with Crippen LogP contribution >= 0.6 is 0 Å². The van der Waals surface area contributed by atoms with Crippen LogP contribution in [0, 0.1) is 55.4 Å². The summed E-state index contributed by atoms with van der Waals surface area (Å²) in [6.45, 7) is 17.9. The molecule has 5 aromatic rings. The smallest absolute Gasteiger partial charge is 0.00665 e. The van der Waals surface area contributed by atoms with Crippen LogP contribution in [0.5, 0.6) is 0 Å². The first kappa shape index (κ1) is 20.8. The molecular weight excluding hydrogens is 384 g/mol. The highest BCUT2D eigenvalue weighted by atomic mass is 14.2. The molecule has 0 spiro atoms. The molecule has 0 nitrogen and oxygen atoms in total. The van der Waals surface area contributed by atoms with Gasteiger partial charge in [0.2, 0.25) is 0 Å². The zero-order valence-corrected chi connectivity index (χ0v) is 20.6. The van der Waals surface area contributed by atoms with Gasteiger partial charge in [-0.2, -0.15) is 0 Å². The van der Waals surface area contributed by atoms with Crippen molar-refractivity contribution in [2.75, 3.05) is 0 Å². The third-order valence-electron chi connectivity index (χ3n) is 7.55. The van der Waals surface area contributed by atoms with Gasteiger partial charge < -0.3 is 0 Å². The Morgan fingerprint density at radius 1 is 0.375 bits per heavy atom. The van der Waals surface area contributed by atoms with E-state index in [1.54, 1.807) is 0 Å². The van der Waals surface area contributed by atoms with Crippen molar-refractivity contribution in [3.8, 4) is 11.1 Å². The second kappa shape index (κ2) is 7.20. The molecule has 0 saturated carbocycles. The number of rotatable bonds is 1. The second-order valence-corrected chi connectivity index (χ2v) is 9.94. The van der Waals surface area contributed by atoms with Crippen molar-refractivity contribution in [2.24, 2.45) is 0 Å². The van der Waals surface area contributed by atoms with Gasteiger partial charge in [-0.05, 0) is 138 Å². The van der Waals surface area contributed by atoms with Gasteiger partial charge in [0.1, 0.15) is 0 Å². The van der Waals surface area contributed by atoms with E-state index in [1.165, 1.54) is 88.0 Å². The Labute approximate surface area is 191 Å². The molecule has 0 radical (unpaired) electrons. The highest BCUT2D eigenvalue weighted by molar-refractivity contribution is 6.27. The molecule has 32 heavy (non-hydrogen) atoms. The molecule has 0 amide bonds. The summed E-state index contributed by atoms with van der Waals surface area (Å²) in [7, 11) is 0. The van der Waals surface area contributed by atoms with Crippen molar-refractivity contribution >= 4 is 32.3 Å². The lowest BCUT2D eigenvalue weighted by Crippen LogP contribution is -1.95. The fourth-order valence-corrected chi connectivity index (χ4v) is 5.41. The normalized spacial score (nSPS) is 11.8. The number of hydrogen-bond donors (Lipinski definition) is 0. The number of fused-ring (bicyclic) bond motifs is 6. The van der Waals surface area contributed by atoms with E-state index in [2.05, 4.69) is 104 Å². The standard InChI is InChI=1S/C32H32/c1-17-9-18(2)11-25(10-17)26-16-31-29-14-20(4)19(3)12-27(29)28-13-21(5)22(6)15-30(28)32(31)24(8)23(26)7/h9-16H,1-8H3. The lowest BCUT2D eigenvalue weighted by atomic mass is 9.84. The summed E-state index contributed by atoms with van der Waals surface area (Å²) in [5.74, 6) is 0. The molecule has 5 rings (SSSR count). The first-order valence-electron chi connectivity index (χ1n) is 11.6. The molecule has 0 aromatic heterocycles. The van der Waals surface area contributed by atoms with Crippen molar-refractivity contribution in [1.29, 1.82) is 0 Å². The van der Waals surface area contributed by atoms with E-state index in [9.17, 15) is 0 Å². The first-order valence-corrected chi connectivity index (χ1v) is 11.6. The van der Waals surface area contributed by atoms with Gasteiger partial charge in [-0.1, -0.05) is 53.6 Å². The van der Waals surface area contributed by atoms with Crippen molar-refractivity contribution in [2.45, 2.75) is 55.4 Å². The molecule has 0 N–H and O–H groups in total. The third kappa shape index (κ3) is 3.05. The van der Waals surface area contributed by atoms with Crippen LogP contribution in [0.2, 0.25) is 0 Å². The highest BCUT2D eigenvalue weighted by Gasteiger charge is 2.17. The monoisotopic (exact) mass is 416 g/mol. The predicted octanol–water partition coefficient (Wildman–Crippen LogP) is 9.28. The van der Waals surface area contributed by atoms with Gasteiger partial charge in [0.05, 0.1) is 0 Å². The summed E-state index contributed by atoms with van der Waals surface area (Å²) in [4.78, 5) is 0. The highest BCUT2D eigenvalue weighted by Crippen LogP contribution is 2.42. The Balaban J connectivity index is 2.05. The summed E-state index contributed by atoms with van der Waals surface area (Å²) < 4.78 is 0. The number of benzene rings is 5. The van der Waals surface area contributed by atoms with Crippen LogP contribution in [0.4, 0.5) is 0 Å². The molecule has 0 bridgehead atoms. The van der Waals surface area contributed by atoms with Gasteiger partial charge >= 0.3 is 0 Å². The molecular formula is C32H32. The topological polar surface area (TPSA) is 0 Å². The van der Waals surface area contributed by atoms with Crippen molar-refractivity contribution in [3.05, 3.63) is 93.0 Å². The van der Waals surface area contributed by atoms with Gasteiger partial charge in [0, 0.05) is 0 Å². The number of aryl methyl sites for hydroxylation is 7. The molecule has 0 saturated heterocycles. The molecule has 160 valence electrons. The molecule has 0 unspecified atom stereocenters. The SMILES string of the molecule is Cc1cc(C)cc(-c2cc3c4cc(C)c(C)cc4c4cc(C)c(C)cc4c3c(C)c2C)c1. The third-order valence-corrected chi connectivity index (χ3v) is 7.55. The van der Waals surface area contributed by atoms with E-state index in [1.807, 2.05) is 0 Å². The molecule has 5 aromatic carbocycles.